The van der Waals surface area contributed by atoms with Crippen molar-refractivity contribution in [2.24, 2.45) is 0 Å². The molecule has 4 rings (SSSR count). The highest BCUT2D eigenvalue weighted by atomic mass is 16.2. The van der Waals surface area contributed by atoms with Gasteiger partial charge in [0.2, 0.25) is 0 Å². The van der Waals surface area contributed by atoms with Gasteiger partial charge in [-0.05, 0) is 42.2 Å². The highest BCUT2D eigenvalue weighted by Gasteiger charge is 2.24. The summed E-state index contributed by atoms with van der Waals surface area (Å²) >= 11 is 0. The summed E-state index contributed by atoms with van der Waals surface area (Å²) in [4.78, 5) is 16.8. The van der Waals surface area contributed by atoms with E-state index in [1.807, 2.05) is 11.0 Å². The van der Waals surface area contributed by atoms with E-state index in [0.29, 0.717) is 19.1 Å². The molecule has 2 aliphatic heterocycles. The molecule has 0 aromatic heterocycles. The van der Waals surface area contributed by atoms with Gasteiger partial charge in [0.1, 0.15) is 0 Å². The lowest BCUT2D eigenvalue weighted by molar-refractivity contribution is 0.185. The second-order valence-corrected chi connectivity index (χ2v) is 7.52. The lowest BCUT2D eigenvalue weighted by Gasteiger charge is -2.35. The van der Waals surface area contributed by atoms with E-state index in [1.165, 1.54) is 22.3 Å². The van der Waals surface area contributed by atoms with Crippen LogP contribution in [0.2, 0.25) is 0 Å². The lowest BCUT2D eigenvalue weighted by Crippen LogP contribution is -2.49. The quantitative estimate of drug-likeness (QED) is 0.908. The van der Waals surface area contributed by atoms with Gasteiger partial charge in [-0.25, -0.2) is 4.79 Å². The summed E-state index contributed by atoms with van der Waals surface area (Å²) in [6.45, 7) is 3.09. The molecule has 2 aromatic rings. The Hall–Kier alpha value is -2.59. The number of carbonyl (C=O) groups is 1. The number of nitrogens with zero attached hydrogens (tertiary/aromatic N) is 2. The number of rotatable bonds is 3. The Bertz CT molecular complexity index is 831. The second kappa shape index (κ2) is 7.97. The summed E-state index contributed by atoms with van der Waals surface area (Å²) in [5.41, 5.74) is 5.41. The smallest absolute Gasteiger partial charge is 0.317 e. The molecule has 0 radical (unpaired) electrons. The highest BCUT2D eigenvalue weighted by molar-refractivity contribution is 5.76. The zero-order valence-electron chi connectivity index (χ0n) is 15.9. The van der Waals surface area contributed by atoms with Crippen molar-refractivity contribution < 1.29 is 4.79 Å². The van der Waals surface area contributed by atoms with Crippen LogP contribution in [0.3, 0.4) is 0 Å². The van der Waals surface area contributed by atoms with Crippen LogP contribution in [0, 0.1) is 0 Å². The molecule has 0 fully saturated rings. The average Bonchev–Trinajstić information content (AvgIpc) is 2.73. The molecule has 0 bridgehead atoms. The minimum atomic E-state index is 0.0469. The van der Waals surface area contributed by atoms with Crippen molar-refractivity contribution in [2.45, 2.75) is 25.4 Å². The van der Waals surface area contributed by atoms with Gasteiger partial charge in [0.15, 0.2) is 0 Å². The van der Waals surface area contributed by atoms with Crippen LogP contribution < -0.4 is 5.32 Å². The van der Waals surface area contributed by atoms with Crippen LogP contribution in [0.25, 0.3) is 5.57 Å². The minimum Gasteiger partial charge on any atom is -0.336 e. The molecule has 0 spiro atoms. The molecule has 4 heteroatoms. The predicted octanol–water partition coefficient (Wildman–Crippen LogP) is 3.54. The third kappa shape index (κ3) is 4.06. The van der Waals surface area contributed by atoms with Crippen LogP contribution >= 0.6 is 0 Å². The number of urea groups is 1. The first-order valence-corrected chi connectivity index (χ1v) is 9.75. The molecular weight excluding hydrogens is 334 g/mol. The van der Waals surface area contributed by atoms with Gasteiger partial charge in [0, 0.05) is 32.2 Å². The summed E-state index contributed by atoms with van der Waals surface area (Å²) in [5, 5.41) is 3.15. The molecule has 140 valence electrons. The van der Waals surface area contributed by atoms with Crippen LogP contribution in [0.5, 0.6) is 0 Å². The van der Waals surface area contributed by atoms with Gasteiger partial charge in [-0.15, -0.1) is 0 Å². The minimum absolute atomic E-state index is 0.0469. The number of nitrogens with one attached hydrogen (secondary N) is 1. The van der Waals surface area contributed by atoms with Gasteiger partial charge in [0.05, 0.1) is 0 Å². The molecule has 2 heterocycles. The van der Waals surface area contributed by atoms with Crippen molar-refractivity contribution in [3.05, 3.63) is 77.4 Å². The Balaban J connectivity index is 1.31. The Kier molecular flexibility index (Phi) is 5.26. The van der Waals surface area contributed by atoms with E-state index < -0.39 is 0 Å². The Morgan fingerprint density at radius 2 is 1.81 bits per heavy atom. The van der Waals surface area contributed by atoms with Crippen molar-refractivity contribution >= 4 is 11.6 Å². The number of carbonyl (C=O) groups excluding carboxylic acids is 1. The molecule has 1 N–H and O–H groups in total. The number of likely N-dealkylation sites (N-methyl/N-ethyl adjacent to an activating group) is 1. The molecular formula is C23H27N3O. The first-order chi connectivity index (χ1) is 13.2. The van der Waals surface area contributed by atoms with E-state index in [0.717, 1.165) is 25.9 Å². The number of fused-ring (bicyclic) bond motifs is 1. The van der Waals surface area contributed by atoms with Crippen LogP contribution in [0.1, 0.15) is 23.1 Å². The summed E-state index contributed by atoms with van der Waals surface area (Å²) in [6.07, 6.45) is 4.08. The zero-order valence-corrected chi connectivity index (χ0v) is 15.9. The second-order valence-electron chi connectivity index (χ2n) is 7.52. The topological polar surface area (TPSA) is 35.6 Å². The predicted molar refractivity (Wildman–Crippen MR) is 109 cm³/mol. The first-order valence-electron chi connectivity index (χ1n) is 9.75. The maximum Gasteiger partial charge on any atom is 0.317 e. The van der Waals surface area contributed by atoms with Gasteiger partial charge in [-0.2, -0.15) is 0 Å². The first kappa shape index (κ1) is 17.8. The standard InChI is InChI=1S/C23H27N3O/c1-25-17-21-10-6-5-9-20(21)15-22(25)16-24-23(27)26-13-11-19(12-14-26)18-7-3-2-4-8-18/h2-11,22H,12-17H2,1H3,(H,24,27)/t22-/m0/s1. The summed E-state index contributed by atoms with van der Waals surface area (Å²) < 4.78 is 0. The van der Waals surface area contributed by atoms with Crippen LogP contribution in [-0.2, 0) is 13.0 Å². The van der Waals surface area contributed by atoms with Gasteiger partial charge in [-0.3, -0.25) is 4.90 Å². The maximum absolute atomic E-state index is 12.6. The third-order valence-corrected chi connectivity index (χ3v) is 5.75. The summed E-state index contributed by atoms with van der Waals surface area (Å²) in [7, 11) is 2.14. The van der Waals surface area contributed by atoms with E-state index in [1.54, 1.807) is 0 Å². The molecule has 27 heavy (non-hydrogen) atoms. The molecule has 1 atom stereocenters. The van der Waals surface area contributed by atoms with Gasteiger partial charge in [-0.1, -0.05) is 60.7 Å². The molecule has 2 aromatic carbocycles. The molecule has 0 aliphatic carbocycles. The van der Waals surface area contributed by atoms with Crippen LogP contribution in [0.15, 0.2) is 60.7 Å². The average molecular weight is 361 g/mol. The van der Waals surface area contributed by atoms with Crippen LogP contribution in [0.4, 0.5) is 4.79 Å². The number of hydrogen-bond acceptors (Lipinski definition) is 2. The maximum atomic E-state index is 12.6. The molecule has 0 unspecified atom stereocenters. The SMILES string of the molecule is CN1Cc2ccccc2C[C@H]1CNC(=O)N1CC=C(c2ccccc2)CC1. The molecule has 0 saturated heterocycles. The van der Waals surface area contributed by atoms with Crippen molar-refractivity contribution in [3.8, 4) is 0 Å². The summed E-state index contributed by atoms with van der Waals surface area (Å²) in [6, 6.07) is 19.4. The lowest BCUT2D eigenvalue weighted by atomic mass is 9.94. The Morgan fingerprint density at radius 1 is 1.07 bits per heavy atom. The Morgan fingerprint density at radius 3 is 2.56 bits per heavy atom. The number of hydrogen-bond donors (Lipinski definition) is 1. The van der Waals surface area contributed by atoms with E-state index in [-0.39, 0.29) is 6.03 Å². The zero-order chi connectivity index (χ0) is 18.6. The third-order valence-electron chi connectivity index (χ3n) is 5.75. The van der Waals surface area contributed by atoms with E-state index in [9.17, 15) is 4.79 Å². The Labute approximate surface area is 161 Å². The van der Waals surface area contributed by atoms with Crippen molar-refractivity contribution in [3.63, 3.8) is 0 Å². The molecule has 2 aliphatic rings. The fraction of sp³-hybridized carbons (Fsp3) is 0.348. The highest BCUT2D eigenvalue weighted by Crippen LogP contribution is 2.23. The summed E-state index contributed by atoms with van der Waals surface area (Å²) in [5.74, 6) is 0. The number of benzene rings is 2. The van der Waals surface area contributed by atoms with Gasteiger partial charge < -0.3 is 10.2 Å². The van der Waals surface area contributed by atoms with Crippen LogP contribution in [-0.4, -0.2) is 48.6 Å². The van der Waals surface area contributed by atoms with E-state index in [4.69, 9.17) is 0 Å². The fourth-order valence-electron chi connectivity index (χ4n) is 4.03. The largest absolute Gasteiger partial charge is 0.336 e. The van der Waals surface area contributed by atoms with Gasteiger partial charge >= 0.3 is 6.03 Å². The fourth-order valence-corrected chi connectivity index (χ4v) is 4.03. The van der Waals surface area contributed by atoms with Crippen molar-refractivity contribution in [2.75, 3.05) is 26.7 Å². The monoisotopic (exact) mass is 361 g/mol. The van der Waals surface area contributed by atoms with Crippen molar-refractivity contribution in [1.29, 1.82) is 0 Å². The van der Waals surface area contributed by atoms with Gasteiger partial charge in [0.25, 0.3) is 0 Å². The van der Waals surface area contributed by atoms with E-state index >= 15 is 0 Å². The number of amides is 2. The molecule has 2 amide bonds. The van der Waals surface area contributed by atoms with Crippen molar-refractivity contribution in [1.82, 2.24) is 15.1 Å². The molecule has 4 nitrogen and oxygen atoms in total. The van der Waals surface area contributed by atoms with E-state index in [2.05, 4.69) is 71.9 Å². The molecule has 0 saturated carbocycles. The normalized spacial score (nSPS) is 20.0.